The van der Waals surface area contributed by atoms with Crippen molar-refractivity contribution in [2.45, 2.75) is 83.5 Å². The zero-order valence-corrected chi connectivity index (χ0v) is 14.0. The molecule has 0 aromatic heterocycles. The molecule has 4 unspecified atom stereocenters. The van der Waals surface area contributed by atoms with Crippen LogP contribution in [0.3, 0.4) is 0 Å². The molecule has 3 nitrogen and oxygen atoms in total. The van der Waals surface area contributed by atoms with Crippen LogP contribution in [0.2, 0.25) is 0 Å². The first-order valence-electron chi connectivity index (χ1n) is 9.40. The Balaban J connectivity index is 1.67. The lowest BCUT2D eigenvalue weighted by Gasteiger charge is -2.62. The van der Waals surface area contributed by atoms with Crippen molar-refractivity contribution in [1.82, 2.24) is 0 Å². The van der Waals surface area contributed by atoms with E-state index in [1.807, 2.05) is 0 Å². The maximum Gasteiger partial charge on any atom is 0.0596 e. The van der Waals surface area contributed by atoms with Gasteiger partial charge >= 0.3 is 0 Å². The summed E-state index contributed by atoms with van der Waals surface area (Å²) in [6, 6.07) is 0. The minimum atomic E-state index is -0.233. The molecule has 126 valence electrons. The lowest BCUT2D eigenvalue weighted by molar-refractivity contribution is -0.176. The van der Waals surface area contributed by atoms with Gasteiger partial charge in [-0.05, 0) is 85.9 Å². The van der Waals surface area contributed by atoms with Gasteiger partial charge < -0.3 is 15.3 Å². The van der Waals surface area contributed by atoms with Crippen LogP contribution in [0.1, 0.15) is 65.2 Å². The second-order valence-corrected chi connectivity index (χ2v) is 9.36. The van der Waals surface area contributed by atoms with Crippen LogP contribution in [0.15, 0.2) is 0 Å². The van der Waals surface area contributed by atoms with E-state index in [4.69, 9.17) is 0 Å². The van der Waals surface area contributed by atoms with Crippen molar-refractivity contribution in [2.24, 2.45) is 34.5 Å². The zero-order chi connectivity index (χ0) is 15.7. The Hall–Kier alpha value is -0.120. The highest BCUT2D eigenvalue weighted by Crippen LogP contribution is 2.66. The summed E-state index contributed by atoms with van der Waals surface area (Å²) in [5.41, 5.74) is 0.317. The number of hydrogen-bond donors (Lipinski definition) is 3. The van der Waals surface area contributed by atoms with E-state index in [0.717, 1.165) is 51.4 Å². The molecule has 4 saturated carbocycles. The van der Waals surface area contributed by atoms with Crippen molar-refractivity contribution in [2.75, 3.05) is 0 Å². The van der Waals surface area contributed by atoms with Crippen LogP contribution in [-0.4, -0.2) is 33.6 Å². The first kappa shape index (κ1) is 15.4. The fourth-order valence-electron chi connectivity index (χ4n) is 7.17. The molecule has 4 aliphatic carbocycles. The third-order valence-corrected chi connectivity index (χ3v) is 8.61. The molecule has 0 spiro atoms. The van der Waals surface area contributed by atoms with Gasteiger partial charge in [0.1, 0.15) is 0 Å². The fraction of sp³-hybridized carbons (Fsp3) is 1.00. The Labute approximate surface area is 134 Å². The number of fused-ring (bicyclic) bond motifs is 5. The highest BCUT2D eigenvalue weighted by molar-refractivity contribution is 5.11. The summed E-state index contributed by atoms with van der Waals surface area (Å²) in [6.07, 6.45) is 7.45. The summed E-state index contributed by atoms with van der Waals surface area (Å²) in [5, 5.41) is 31.5. The number of aliphatic hydroxyl groups excluding tert-OH is 3. The van der Waals surface area contributed by atoms with Gasteiger partial charge in [-0.15, -0.1) is 0 Å². The Morgan fingerprint density at radius 3 is 2.23 bits per heavy atom. The average molecular weight is 308 g/mol. The predicted octanol–water partition coefficient (Wildman–Crippen LogP) is 2.72. The van der Waals surface area contributed by atoms with Gasteiger partial charge in [0.05, 0.1) is 18.3 Å². The first-order chi connectivity index (χ1) is 10.4. The maximum absolute atomic E-state index is 10.9. The molecule has 3 N–H and O–H groups in total. The molecule has 0 aromatic carbocycles. The van der Waals surface area contributed by atoms with Crippen LogP contribution in [0, 0.1) is 34.5 Å². The van der Waals surface area contributed by atoms with E-state index in [9.17, 15) is 15.3 Å². The third-order valence-electron chi connectivity index (χ3n) is 8.61. The van der Waals surface area contributed by atoms with Crippen molar-refractivity contribution < 1.29 is 15.3 Å². The molecule has 4 aliphatic rings. The highest BCUT2D eigenvalue weighted by atomic mass is 16.3. The van der Waals surface area contributed by atoms with Crippen LogP contribution < -0.4 is 0 Å². The molecule has 9 atom stereocenters. The van der Waals surface area contributed by atoms with Gasteiger partial charge in [-0.2, -0.15) is 0 Å². The molecule has 0 bridgehead atoms. The molecule has 4 rings (SSSR count). The minimum absolute atomic E-state index is 0.0273. The number of hydrogen-bond acceptors (Lipinski definition) is 3. The second kappa shape index (κ2) is 4.94. The molecule has 0 saturated heterocycles. The van der Waals surface area contributed by atoms with Crippen LogP contribution in [-0.2, 0) is 0 Å². The molecule has 0 aromatic rings. The summed E-state index contributed by atoms with van der Waals surface area (Å²) in [5.74, 6) is 1.91. The van der Waals surface area contributed by atoms with Gasteiger partial charge in [0.15, 0.2) is 0 Å². The van der Waals surface area contributed by atoms with Crippen LogP contribution >= 0.6 is 0 Å². The van der Waals surface area contributed by atoms with E-state index in [0.29, 0.717) is 23.7 Å². The SMILES string of the molecule is C[C@]12CCC(O)CC1CC(O)[C@@H]1[C@H]2CC[C@]2(C)C(O)CC[C@@H]12. The fourth-order valence-corrected chi connectivity index (χ4v) is 7.17. The topological polar surface area (TPSA) is 60.7 Å². The van der Waals surface area contributed by atoms with Crippen molar-refractivity contribution >= 4 is 0 Å². The van der Waals surface area contributed by atoms with Gasteiger partial charge in [0.25, 0.3) is 0 Å². The van der Waals surface area contributed by atoms with E-state index in [-0.39, 0.29) is 29.1 Å². The lowest BCUT2D eigenvalue weighted by Crippen LogP contribution is -2.58. The van der Waals surface area contributed by atoms with Gasteiger partial charge in [0, 0.05) is 0 Å². The molecular weight excluding hydrogens is 276 g/mol. The summed E-state index contributed by atoms with van der Waals surface area (Å²) in [4.78, 5) is 0. The number of aliphatic hydroxyl groups is 3. The van der Waals surface area contributed by atoms with Crippen LogP contribution in [0.25, 0.3) is 0 Å². The zero-order valence-electron chi connectivity index (χ0n) is 14.0. The first-order valence-corrected chi connectivity index (χ1v) is 9.40. The van der Waals surface area contributed by atoms with Gasteiger partial charge in [0.2, 0.25) is 0 Å². The third kappa shape index (κ3) is 1.91. The molecule has 22 heavy (non-hydrogen) atoms. The molecular formula is C19H32O3. The van der Waals surface area contributed by atoms with Crippen molar-refractivity contribution in [1.29, 1.82) is 0 Å². The Kier molecular flexibility index (Phi) is 3.46. The molecule has 4 fully saturated rings. The maximum atomic E-state index is 10.9. The molecule has 3 heteroatoms. The van der Waals surface area contributed by atoms with E-state index in [1.54, 1.807) is 0 Å². The quantitative estimate of drug-likeness (QED) is 0.645. The Morgan fingerprint density at radius 1 is 0.773 bits per heavy atom. The normalized spacial score (nSPS) is 61.2. The monoisotopic (exact) mass is 308 g/mol. The van der Waals surface area contributed by atoms with Gasteiger partial charge in [-0.3, -0.25) is 0 Å². The van der Waals surface area contributed by atoms with E-state index in [1.165, 1.54) is 0 Å². The molecule has 0 heterocycles. The molecule has 0 radical (unpaired) electrons. The molecule has 0 amide bonds. The number of rotatable bonds is 0. The van der Waals surface area contributed by atoms with E-state index in [2.05, 4.69) is 13.8 Å². The summed E-state index contributed by atoms with van der Waals surface area (Å²) < 4.78 is 0. The standard InChI is InChI=1S/C19H32O3/c1-18-7-5-12(20)9-11(18)10-15(21)17-13-3-4-16(22)19(13,2)8-6-14(17)18/h11-17,20-22H,3-10H2,1-2H3/t11?,12?,13-,14+,15?,16?,17-,18-,19-/m0/s1. The lowest BCUT2D eigenvalue weighted by atomic mass is 9.44. The average Bonchev–Trinajstić information content (AvgIpc) is 2.77. The Bertz CT molecular complexity index is 452. The minimum Gasteiger partial charge on any atom is -0.393 e. The predicted molar refractivity (Wildman–Crippen MR) is 85.1 cm³/mol. The van der Waals surface area contributed by atoms with Crippen LogP contribution in [0.5, 0.6) is 0 Å². The van der Waals surface area contributed by atoms with Gasteiger partial charge in [-0.1, -0.05) is 13.8 Å². The summed E-state index contributed by atoms with van der Waals surface area (Å²) in [6.45, 7) is 4.69. The summed E-state index contributed by atoms with van der Waals surface area (Å²) in [7, 11) is 0. The van der Waals surface area contributed by atoms with E-state index >= 15 is 0 Å². The Morgan fingerprint density at radius 2 is 1.45 bits per heavy atom. The smallest absolute Gasteiger partial charge is 0.0596 e. The van der Waals surface area contributed by atoms with Crippen molar-refractivity contribution in [3.8, 4) is 0 Å². The van der Waals surface area contributed by atoms with Gasteiger partial charge in [-0.25, -0.2) is 0 Å². The van der Waals surface area contributed by atoms with Crippen LogP contribution in [0.4, 0.5) is 0 Å². The highest BCUT2D eigenvalue weighted by Gasteiger charge is 2.62. The van der Waals surface area contributed by atoms with E-state index < -0.39 is 0 Å². The molecule has 0 aliphatic heterocycles. The second-order valence-electron chi connectivity index (χ2n) is 9.36. The van der Waals surface area contributed by atoms with Crippen molar-refractivity contribution in [3.63, 3.8) is 0 Å². The van der Waals surface area contributed by atoms with Crippen molar-refractivity contribution in [3.05, 3.63) is 0 Å². The largest absolute Gasteiger partial charge is 0.393 e. The summed E-state index contributed by atoms with van der Waals surface area (Å²) >= 11 is 0.